The number of pyridine rings is 1. The summed E-state index contributed by atoms with van der Waals surface area (Å²) in [5.41, 5.74) is -2.05. The number of rotatable bonds is 1. The number of carbonyl (C=O) groups is 2. The third-order valence-electron chi connectivity index (χ3n) is 2.20. The summed E-state index contributed by atoms with van der Waals surface area (Å²) in [6.07, 6.45) is 0.0669. The van der Waals surface area contributed by atoms with Crippen molar-refractivity contribution in [2.24, 2.45) is 0 Å². The number of imide groups is 1. The lowest BCUT2D eigenvalue weighted by atomic mass is 10.2. The number of amides is 2. The van der Waals surface area contributed by atoms with E-state index in [-0.39, 0.29) is 10.2 Å². The fourth-order valence-corrected chi connectivity index (χ4v) is 1.98. The van der Waals surface area contributed by atoms with Gasteiger partial charge in [-0.3, -0.25) is 4.98 Å². The maximum atomic E-state index is 14.1. The zero-order chi connectivity index (χ0) is 18.0. The quantitative estimate of drug-likeness (QED) is 0.697. The molecular formula is C15H20BrFN2O4. The van der Waals surface area contributed by atoms with E-state index in [0.717, 1.165) is 6.20 Å². The number of aromatic nitrogens is 1. The predicted octanol–water partition coefficient (Wildman–Crippen LogP) is 4.66. The van der Waals surface area contributed by atoms with Crippen molar-refractivity contribution < 1.29 is 23.5 Å². The van der Waals surface area contributed by atoms with Gasteiger partial charge in [-0.05, 0) is 57.5 Å². The second-order valence-corrected chi connectivity index (χ2v) is 7.60. The highest BCUT2D eigenvalue weighted by Crippen LogP contribution is 2.31. The van der Waals surface area contributed by atoms with Crippen molar-refractivity contribution in [2.75, 3.05) is 4.90 Å². The van der Waals surface area contributed by atoms with Crippen molar-refractivity contribution in [3.8, 4) is 0 Å². The largest absolute Gasteiger partial charge is 0.443 e. The van der Waals surface area contributed by atoms with Crippen molar-refractivity contribution in [1.82, 2.24) is 4.98 Å². The third-order valence-corrected chi connectivity index (χ3v) is 2.78. The Morgan fingerprint density at radius 1 is 1.04 bits per heavy atom. The van der Waals surface area contributed by atoms with Gasteiger partial charge in [-0.2, -0.15) is 4.90 Å². The standard InChI is InChI=1S/C15H20BrFN2O4/c1-14(2,3)22-12(20)19(13(21)23-15(4,5)6)11-9(16)7-18-8-10(11)17/h7-8H,1-6H3. The molecule has 0 aliphatic rings. The summed E-state index contributed by atoms with van der Waals surface area (Å²) in [7, 11) is 0. The van der Waals surface area contributed by atoms with Crippen LogP contribution in [0.25, 0.3) is 0 Å². The molecule has 0 saturated carbocycles. The molecule has 8 heteroatoms. The topological polar surface area (TPSA) is 68.7 Å². The molecule has 0 aliphatic carbocycles. The van der Waals surface area contributed by atoms with Crippen LogP contribution in [0.4, 0.5) is 19.7 Å². The second-order valence-electron chi connectivity index (χ2n) is 6.75. The molecule has 1 heterocycles. The lowest BCUT2D eigenvalue weighted by Gasteiger charge is -2.29. The first-order valence-electron chi connectivity index (χ1n) is 6.87. The van der Waals surface area contributed by atoms with Gasteiger partial charge in [0.15, 0.2) is 5.82 Å². The molecule has 1 aromatic heterocycles. The molecule has 0 aliphatic heterocycles. The van der Waals surface area contributed by atoms with Crippen LogP contribution in [0.2, 0.25) is 0 Å². The van der Waals surface area contributed by atoms with Crippen molar-refractivity contribution in [3.05, 3.63) is 22.7 Å². The summed E-state index contributed by atoms with van der Waals surface area (Å²) in [6.45, 7) is 9.81. The number of ether oxygens (including phenoxy) is 2. The Labute approximate surface area is 143 Å². The van der Waals surface area contributed by atoms with Gasteiger partial charge in [-0.25, -0.2) is 14.0 Å². The first-order chi connectivity index (χ1) is 10.3. The highest BCUT2D eigenvalue weighted by atomic mass is 79.9. The summed E-state index contributed by atoms with van der Waals surface area (Å²) in [4.78, 5) is 28.9. The minimum Gasteiger partial charge on any atom is -0.443 e. The summed E-state index contributed by atoms with van der Waals surface area (Å²) >= 11 is 3.08. The van der Waals surface area contributed by atoms with E-state index in [9.17, 15) is 14.0 Å². The van der Waals surface area contributed by atoms with Crippen LogP contribution in [-0.2, 0) is 9.47 Å². The first-order valence-corrected chi connectivity index (χ1v) is 7.66. The smallest absolute Gasteiger partial charge is 0.424 e. The van der Waals surface area contributed by atoms with Crippen LogP contribution in [0.1, 0.15) is 41.5 Å². The molecule has 1 aromatic rings. The van der Waals surface area contributed by atoms with E-state index in [2.05, 4.69) is 20.9 Å². The number of anilines is 1. The van der Waals surface area contributed by atoms with Crippen molar-refractivity contribution in [2.45, 2.75) is 52.7 Å². The molecular weight excluding hydrogens is 371 g/mol. The highest BCUT2D eigenvalue weighted by Gasteiger charge is 2.35. The molecule has 0 bridgehead atoms. The molecule has 128 valence electrons. The molecule has 0 fully saturated rings. The lowest BCUT2D eigenvalue weighted by molar-refractivity contribution is 0.0428. The Balaban J connectivity index is 3.32. The Bertz CT molecular complexity index is 560. The van der Waals surface area contributed by atoms with Gasteiger partial charge in [0.05, 0.1) is 10.7 Å². The fourth-order valence-electron chi connectivity index (χ4n) is 1.49. The van der Waals surface area contributed by atoms with Crippen LogP contribution in [-0.4, -0.2) is 28.4 Å². The zero-order valence-corrected chi connectivity index (χ0v) is 15.5. The lowest BCUT2D eigenvalue weighted by Crippen LogP contribution is -2.44. The summed E-state index contributed by atoms with van der Waals surface area (Å²) in [5, 5.41) is 0. The van der Waals surface area contributed by atoms with Crippen LogP contribution in [0, 0.1) is 5.82 Å². The molecule has 0 N–H and O–H groups in total. The molecule has 0 aromatic carbocycles. The Hall–Kier alpha value is -1.70. The SMILES string of the molecule is CC(C)(C)OC(=O)N(C(=O)OC(C)(C)C)c1c(F)cncc1Br. The number of carbonyl (C=O) groups excluding carboxylic acids is 2. The van der Waals surface area contributed by atoms with Gasteiger partial charge in [-0.1, -0.05) is 0 Å². The van der Waals surface area contributed by atoms with Gasteiger partial charge in [0.25, 0.3) is 0 Å². The molecule has 0 saturated heterocycles. The van der Waals surface area contributed by atoms with Crippen LogP contribution >= 0.6 is 15.9 Å². The Kier molecular flexibility index (Phi) is 5.74. The highest BCUT2D eigenvalue weighted by molar-refractivity contribution is 9.10. The van der Waals surface area contributed by atoms with Crippen LogP contribution in [0.5, 0.6) is 0 Å². The van der Waals surface area contributed by atoms with Crippen molar-refractivity contribution in [1.29, 1.82) is 0 Å². The second kappa shape index (κ2) is 6.82. The average molecular weight is 391 g/mol. The molecule has 0 atom stereocenters. The van der Waals surface area contributed by atoms with E-state index in [4.69, 9.17) is 9.47 Å². The molecule has 0 radical (unpaired) electrons. The van der Waals surface area contributed by atoms with E-state index in [1.54, 1.807) is 41.5 Å². The molecule has 0 spiro atoms. The average Bonchev–Trinajstić information content (AvgIpc) is 2.28. The van der Waals surface area contributed by atoms with E-state index in [0.29, 0.717) is 4.90 Å². The molecule has 6 nitrogen and oxygen atoms in total. The number of nitrogens with zero attached hydrogens (tertiary/aromatic N) is 2. The molecule has 0 unspecified atom stereocenters. The van der Waals surface area contributed by atoms with E-state index >= 15 is 0 Å². The third kappa shape index (κ3) is 5.78. The van der Waals surface area contributed by atoms with Crippen molar-refractivity contribution >= 4 is 33.8 Å². The van der Waals surface area contributed by atoms with Gasteiger partial charge in [0.1, 0.15) is 16.9 Å². The maximum Gasteiger partial charge on any atom is 0.424 e. The van der Waals surface area contributed by atoms with Crippen LogP contribution < -0.4 is 4.90 Å². The number of halogens is 2. The molecule has 2 amide bonds. The van der Waals surface area contributed by atoms with Gasteiger partial charge in [0.2, 0.25) is 0 Å². The number of hydrogen-bond acceptors (Lipinski definition) is 5. The zero-order valence-electron chi connectivity index (χ0n) is 13.9. The fraction of sp³-hybridized carbons (Fsp3) is 0.533. The minimum atomic E-state index is -1.04. The minimum absolute atomic E-state index is 0.120. The van der Waals surface area contributed by atoms with E-state index < -0.39 is 29.2 Å². The van der Waals surface area contributed by atoms with Gasteiger partial charge >= 0.3 is 12.2 Å². The van der Waals surface area contributed by atoms with Crippen LogP contribution in [0.15, 0.2) is 16.9 Å². The number of hydrogen-bond donors (Lipinski definition) is 0. The van der Waals surface area contributed by atoms with Crippen LogP contribution in [0.3, 0.4) is 0 Å². The van der Waals surface area contributed by atoms with Gasteiger partial charge in [-0.15, -0.1) is 0 Å². The normalized spacial score (nSPS) is 11.8. The summed E-state index contributed by atoms with van der Waals surface area (Å²) in [6, 6.07) is 0. The summed E-state index contributed by atoms with van der Waals surface area (Å²) < 4.78 is 24.6. The molecule has 23 heavy (non-hydrogen) atoms. The first kappa shape index (κ1) is 19.3. The van der Waals surface area contributed by atoms with Gasteiger partial charge in [0, 0.05) is 6.20 Å². The van der Waals surface area contributed by atoms with Crippen molar-refractivity contribution in [3.63, 3.8) is 0 Å². The van der Waals surface area contributed by atoms with E-state index in [1.165, 1.54) is 6.20 Å². The Morgan fingerprint density at radius 2 is 1.48 bits per heavy atom. The van der Waals surface area contributed by atoms with Gasteiger partial charge < -0.3 is 9.47 Å². The maximum absolute atomic E-state index is 14.1. The Morgan fingerprint density at radius 3 is 1.83 bits per heavy atom. The summed E-state index contributed by atoms with van der Waals surface area (Å²) in [5.74, 6) is -0.865. The molecule has 1 rings (SSSR count). The predicted molar refractivity (Wildman–Crippen MR) is 86.8 cm³/mol. The van der Waals surface area contributed by atoms with E-state index in [1.807, 2.05) is 0 Å². The monoisotopic (exact) mass is 390 g/mol.